The Hall–Kier alpha value is -3.70. The third-order valence-electron chi connectivity index (χ3n) is 6.99. The zero-order valence-electron chi connectivity index (χ0n) is 31.1. The summed E-state index contributed by atoms with van der Waals surface area (Å²) in [6.45, 7) is 0.728. The van der Waals surface area contributed by atoms with E-state index >= 15 is 0 Å². The first kappa shape index (κ1) is 54.3. The van der Waals surface area contributed by atoms with Crippen LogP contribution in [0, 0.1) is 24.3 Å². The minimum Gasteiger partial charge on any atom is -0.478 e. The topological polar surface area (TPSA) is 177 Å². The number of carbonyl (C=O) groups is 4. The third-order valence-corrected chi connectivity index (χ3v) is 6.99. The molecule has 0 heterocycles. The maximum Gasteiger partial charge on any atom is 0.334 e. The summed E-state index contributed by atoms with van der Waals surface area (Å²) in [5.74, 6) is -1.09. The van der Waals surface area contributed by atoms with Crippen LogP contribution in [-0.2, 0) is 140 Å². The van der Waals surface area contributed by atoms with Crippen molar-refractivity contribution in [1.82, 2.24) is 0 Å². The van der Waals surface area contributed by atoms with Crippen molar-refractivity contribution >= 4 is 72.5 Å². The number of carboxylic acids is 2. The van der Waals surface area contributed by atoms with Crippen molar-refractivity contribution in [3.8, 4) is 11.5 Å². The number of hydrogen-bond donors (Lipinski definition) is 2. The largest absolute Gasteiger partial charge is 0.478 e. The summed E-state index contributed by atoms with van der Waals surface area (Å²) in [4.78, 5) is 58.9. The normalized spacial score (nSPS) is 10.3. The molecule has 60 heavy (non-hydrogen) atoms. The standard InChI is InChI=1S/2C22H12N2O4.4Y/c25-15-28-21-11-3-17(4-12-21)14-24-20-9-7-19(8-10-20)23-13-16-1-5-18(6-2-16)22(26)27;25-15-28-21-10-6-17(7-11-21)14-24-20-3-1-2-19(12-20)23-13-16-4-8-18(9-5-16)22(26)27;;;;/h1-7,10-12,15H,(H,26,27);1,4-12,15H,(H,26,27);;;;/q2*-4;;;;. The van der Waals surface area contributed by atoms with Gasteiger partial charge in [0.05, 0.1) is 0 Å². The fraction of sp³-hybridized carbons (Fsp3) is 0. The van der Waals surface area contributed by atoms with Gasteiger partial charge >= 0.3 is 11.9 Å². The van der Waals surface area contributed by atoms with Crippen molar-refractivity contribution in [2.24, 2.45) is 20.0 Å². The molecular weight excluding hydrogens is 1070 g/mol. The van der Waals surface area contributed by atoms with Gasteiger partial charge in [-0.2, -0.15) is 11.4 Å². The average Bonchev–Trinajstić information content (AvgIpc) is 3.23. The van der Waals surface area contributed by atoms with Crippen molar-refractivity contribution in [3.63, 3.8) is 0 Å². The first-order valence-electron chi connectivity index (χ1n) is 16.1. The van der Waals surface area contributed by atoms with Crippen LogP contribution in [0.4, 0.5) is 22.7 Å². The van der Waals surface area contributed by atoms with E-state index in [9.17, 15) is 19.2 Å². The molecule has 6 aromatic rings. The smallest absolute Gasteiger partial charge is 0.334 e. The fourth-order valence-corrected chi connectivity index (χ4v) is 4.22. The van der Waals surface area contributed by atoms with Crippen LogP contribution >= 0.6 is 0 Å². The molecule has 6 aromatic carbocycles. The molecule has 0 fully saturated rings. The molecule has 0 aromatic heterocycles. The first-order valence-corrected chi connectivity index (χ1v) is 16.1. The van der Waals surface area contributed by atoms with Gasteiger partial charge in [-0.1, -0.05) is 48.5 Å². The molecule has 6 rings (SSSR count). The number of rotatable bonds is 14. The number of hydrogen-bond acceptors (Lipinski definition) is 10. The van der Waals surface area contributed by atoms with Crippen LogP contribution in [0.25, 0.3) is 0 Å². The van der Waals surface area contributed by atoms with Crippen LogP contribution in [0.5, 0.6) is 11.5 Å². The van der Waals surface area contributed by atoms with Gasteiger partial charge < -0.3 is 63.9 Å². The summed E-state index contributed by atoms with van der Waals surface area (Å²) in [7, 11) is 0. The molecular formula is C44H24N4O8Y4-8. The average molecular weight is 1090 g/mol. The van der Waals surface area contributed by atoms with Gasteiger partial charge in [0.15, 0.2) is 0 Å². The first-order chi connectivity index (χ1) is 27.3. The number of nitrogens with zero attached hydrogens (tertiary/aromatic N) is 4. The Kier molecular flexibility index (Phi) is 26.7. The summed E-state index contributed by atoms with van der Waals surface area (Å²) in [5, 5.41) is 17.8. The summed E-state index contributed by atoms with van der Waals surface area (Å²) in [5.41, 5.74) is 5.15. The molecule has 0 amide bonds. The van der Waals surface area contributed by atoms with E-state index in [-0.39, 0.29) is 142 Å². The second kappa shape index (κ2) is 29.5. The Bertz CT molecular complexity index is 2390. The third kappa shape index (κ3) is 18.9. The minimum absolute atomic E-state index is 0. The van der Waals surface area contributed by atoms with Crippen molar-refractivity contribution in [2.75, 3.05) is 0 Å². The van der Waals surface area contributed by atoms with Crippen molar-refractivity contribution in [1.29, 1.82) is 0 Å². The molecule has 16 heteroatoms. The van der Waals surface area contributed by atoms with Gasteiger partial charge in [0, 0.05) is 142 Å². The zero-order chi connectivity index (χ0) is 39.5. The molecule has 0 aliphatic rings. The van der Waals surface area contributed by atoms with E-state index in [2.05, 4.69) is 69.1 Å². The van der Waals surface area contributed by atoms with E-state index in [1.807, 2.05) is 0 Å². The molecule has 0 unspecified atom stereocenters. The Balaban J connectivity index is 0.000000562. The summed E-state index contributed by atoms with van der Waals surface area (Å²) < 4.78 is 9.44. The Morgan fingerprint density at radius 1 is 0.467 bits per heavy atom. The zero-order valence-corrected chi connectivity index (χ0v) is 42.5. The molecule has 0 atom stereocenters. The minimum atomic E-state index is -0.986. The second-order valence-electron chi connectivity index (χ2n) is 10.8. The van der Waals surface area contributed by atoms with Gasteiger partial charge in [-0.15, -0.1) is 70.8 Å². The molecule has 0 bridgehead atoms. The van der Waals surface area contributed by atoms with Gasteiger partial charge in [-0.25, -0.2) is 15.7 Å². The van der Waals surface area contributed by atoms with Crippen molar-refractivity contribution in [2.45, 2.75) is 0 Å². The van der Waals surface area contributed by atoms with Gasteiger partial charge in [0.25, 0.3) is 12.9 Å². The van der Waals surface area contributed by atoms with Crippen LogP contribution in [0.15, 0.2) is 141 Å². The van der Waals surface area contributed by atoms with E-state index < -0.39 is 11.9 Å². The number of aromatic carboxylic acids is 2. The van der Waals surface area contributed by atoms with E-state index in [0.29, 0.717) is 69.4 Å². The number of ether oxygens (including phenoxy) is 2. The van der Waals surface area contributed by atoms with E-state index in [1.165, 1.54) is 24.3 Å². The van der Waals surface area contributed by atoms with Crippen molar-refractivity contribution in [3.05, 3.63) is 179 Å². The summed E-state index contributed by atoms with van der Waals surface area (Å²) in [6.07, 6.45) is 11.4. The Morgan fingerprint density at radius 3 is 1.05 bits per heavy atom. The van der Waals surface area contributed by atoms with E-state index in [1.54, 1.807) is 97.1 Å². The number of aliphatic imine (C=N–C) groups is 4. The maximum absolute atomic E-state index is 10.9. The molecule has 288 valence electrons. The van der Waals surface area contributed by atoms with Gasteiger partial charge in [-0.05, 0) is 24.9 Å². The van der Waals surface area contributed by atoms with Gasteiger partial charge in [0.1, 0.15) is 11.5 Å². The van der Waals surface area contributed by atoms with Gasteiger partial charge in [-0.3, -0.25) is 39.2 Å². The quantitative estimate of drug-likeness (QED) is 0.0639. The Labute approximate surface area is 446 Å². The molecule has 2 N–H and O–H groups in total. The van der Waals surface area contributed by atoms with Crippen molar-refractivity contribution < 1.29 is 170 Å². The summed E-state index contributed by atoms with van der Waals surface area (Å²) in [6, 6.07) is 44.0. The van der Waals surface area contributed by atoms with Crippen LogP contribution in [0.3, 0.4) is 0 Å². The molecule has 0 saturated heterocycles. The molecule has 0 spiro atoms. The van der Waals surface area contributed by atoms with Crippen LogP contribution < -0.4 is 9.47 Å². The molecule has 0 saturated carbocycles. The molecule has 12 nitrogen and oxygen atoms in total. The maximum atomic E-state index is 10.9. The monoisotopic (exact) mass is 1090 g/mol. The summed E-state index contributed by atoms with van der Waals surface area (Å²) >= 11 is 0. The number of benzene rings is 6. The Morgan fingerprint density at radius 2 is 0.767 bits per heavy atom. The van der Waals surface area contributed by atoms with Crippen LogP contribution in [-0.4, -0.2) is 60.0 Å². The van der Waals surface area contributed by atoms with Gasteiger partial charge in [0.2, 0.25) is 0 Å². The predicted molar refractivity (Wildman–Crippen MR) is 206 cm³/mol. The van der Waals surface area contributed by atoms with E-state index in [0.717, 1.165) is 0 Å². The van der Waals surface area contributed by atoms with E-state index in [4.69, 9.17) is 19.7 Å². The molecule has 0 aliphatic heterocycles. The molecule has 0 aliphatic carbocycles. The van der Waals surface area contributed by atoms with Crippen LogP contribution in [0.2, 0.25) is 0 Å². The SMILES string of the molecule is O=COc1ccc([C-]=Nc2[c-]c[c-]c(N=[C-]c3ccc(C(=O)O)cc3)c2)cc1.O=COc1ccc([C-]=Nc2[c-]cc(N=[C-]c3ccc(C(=O)O)cc3)[c-]c2)cc1.[Y].[Y].[Y].[Y]. The van der Waals surface area contributed by atoms with Crippen LogP contribution in [0.1, 0.15) is 43.0 Å². The predicted octanol–water partition coefficient (Wildman–Crippen LogP) is 7.54. The fourth-order valence-electron chi connectivity index (χ4n) is 4.22. The number of carbonyl (C=O) groups excluding carboxylic acids is 2. The molecule has 4 radical (unpaired) electrons. The second-order valence-corrected chi connectivity index (χ2v) is 10.8. The number of carboxylic acid groups (broad SMARTS) is 2.